The number of carboxylic acid groups (broad SMARTS) is 1. The minimum Gasteiger partial charge on any atom is -0.481 e. The Balaban J connectivity index is 1.85. The van der Waals surface area contributed by atoms with E-state index < -0.39 is 5.97 Å². The summed E-state index contributed by atoms with van der Waals surface area (Å²) < 4.78 is 0. The van der Waals surface area contributed by atoms with Crippen LogP contribution in [0.2, 0.25) is 0 Å². The van der Waals surface area contributed by atoms with E-state index >= 15 is 0 Å². The van der Waals surface area contributed by atoms with Gasteiger partial charge in [0.15, 0.2) is 0 Å². The van der Waals surface area contributed by atoms with Crippen molar-refractivity contribution in [2.24, 2.45) is 5.92 Å². The number of carboxylic acids is 1. The summed E-state index contributed by atoms with van der Waals surface area (Å²) >= 11 is 0. The van der Waals surface area contributed by atoms with Crippen molar-refractivity contribution >= 4 is 17.8 Å². The van der Waals surface area contributed by atoms with E-state index in [1.54, 1.807) is 31.3 Å². The first kappa shape index (κ1) is 16.0. The molecule has 0 aliphatic heterocycles. The van der Waals surface area contributed by atoms with Gasteiger partial charge in [0.25, 0.3) is 5.91 Å². The number of hydrogen-bond acceptors (Lipinski definition) is 3. The number of rotatable bonds is 7. The van der Waals surface area contributed by atoms with E-state index in [1.807, 2.05) is 0 Å². The van der Waals surface area contributed by atoms with Crippen LogP contribution < -0.4 is 5.32 Å². The Hall–Kier alpha value is -2.37. The summed E-state index contributed by atoms with van der Waals surface area (Å²) in [5.41, 5.74) is 1.43. The van der Waals surface area contributed by atoms with Crippen LogP contribution in [0.4, 0.5) is 0 Å². The van der Waals surface area contributed by atoms with Gasteiger partial charge < -0.3 is 15.3 Å². The van der Waals surface area contributed by atoms with Crippen molar-refractivity contribution in [1.82, 2.24) is 10.2 Å². The number of aliphatic carboxylic acids is 1. The number of carbonyl (C=O) groups is 3. The summed E-state index contributed by atoms with van der Waals surface area (Å²) in [6, 6.07) is 6.98. The quantitative estimate of drug-likeness (QED) is 0.794. The molecular formula is C16H20N2O4. The van der Waals surface area contributed by atoms with Crippen LogP contribution in [-0.4, -0.2) is 41.4 Å². The van der Waals surface area contributed by atoms with Crippen LogP contribution in [0.5, 0.6) is 0 Å². The molecule has 0 radical (unpaired) electrons. The van der Waals surface area contributed by atoms with Crippen molar-refractivity contribution in [2.45, 2.75) is 25.8 Å². The normalized spacial score (nSPS) is 13.5. The van der Waals surface area contributed by atoms with Gasteiger partial charge in [0.1, 0.15) is 0 Å². The lowest BCUT2D eigenvalue weighted by Crippen LogP contribution is -2.29. The fraction of sp³-hybridized carbons (Fsp3) is 0.438. The van der Waals surface area contributed by atoms with Gasteiger partial charge in [-0.15, -0.1) is 0 Å². The number of carbonyl (C=O) groups excluding carboxylic acids is 2. The van der Waals surface area contributed by atoms with E-state index in [1.165, 1.54) is 4.90 Å². The second kappa shape index (κ2) is 7.06. The summed E-state index contributed by atoms with van der Waals surface area (Å²) in [7, 11) is 1.58. The van der Waals surface area contributed by atoms with Gasteiger partial charge in [-0.2, -0.15) is 0 Å². The summed E-state index contributed by atoms with van der Waals surface area (Å²) in [6.45, 7) is 0.631. The zero-order valence-corrected chi connectivity index (χ0v) is 12.5. The number of amides is 2. The van der Waals surface area contributed by atoms with E-state index in [2.05, 4.69) is 5.32 Å². The van der Waals surface area contributed by atoms with E-state index in [9.17, 15) is 14.4 Å². The van der Waals surface area contributed by atoms with Crippen molar-refractivity contribution in [3.63, 3.8) is 0 Å². The largest absolute Gasteiger partial charge is 0.481 e. The van der Waals surface area contributed by atoms with Gasteiger partial charge in [0.2, 0.25) is 5.91 Å². The maximum atomic E-state index is 12.1. The zero-order valence-electron chi connectivity index (χ0n) is 12.5. The zero-order chi connectivity index (χ0) is 16.1. The molecule has 1 aliphatic rings. The predicted octanol–water partition coefficient (Wildman–Crippen LogP) is 1.26. The number of nitrogens with zero attached hydrogens (tertiary/aromatic N) is 1. The highest BCUT2D eigenvalue weighted by molar-refractivity contribution is 5.94. The number of nitrogens with one attached hydrogen (secondary N) is 1. The molecule has 0 bridgehead atoms. The highest BCUT2D eigenvalue weighted by Crippen LogP contribution is 2.28. The van der Waals surface area contributed by atoms with Crippen LogP contribution in [0.25, 0.3) is 0 Å². The number of benzene rings is 1. The Bertz CT molecular complexity index is 564. The lowest BCUT2D eigenvalue weighted by atomic mass is 10.1. The van der Waals surface area contributed by atoms with Crippen LogP contribution >= 0.6 is 0 Å². The van der Waals surface area contributed by atoms with Gasteiger partial charge >= 0.3 is 5.97 Å². The first-order chi connectivity index (χ1) is 10.5. The van der Waals surface area contributed by atoms with Gasteiger partial charge in [-0.05, 0) is 30.5 Å². The molecule has 1 aromatic carbocycles. The Kier molecular flexibility index (Phi) is 5.14. The van der Waals surface area contributed by atoms with Crippen LogP contribution in [0.15, 0.2) is 24.3 Å². The lowest BCUT2D eigenvalue weighted by Gasteiger charge is -2.16. The van der Waals surface area contributed by atoms with Crippen molar-refractivity contribution in [1.29, 1.82) is 0 Å². The van der Waals surface area contributed by atoms with Gasteiger partial charge in [0, 0.05) is 31.6 Å². The SMILES string of the molecule is CN(CCC(=O)O)C(=O)c1ccc(CNC(=O)C2CC2)cc1. The van der Waals surface area contributed by atoms with E-state index in [0.29, 0.717) is 12.1 Å². The van der Waals surface area contributed by atoms with Gasteiger partial charge in [0.05, 0.1) is 6.42 Å². The molecule has 1 aromatic rings. The van der Waals surface area contributed by atoms with E-state index in [4.69, 9.17) is 5.11 Å². The van der Waals surface area contributed by atoms with Crippen molar-refractivity contribution in [2.75, 3.05) is 13.6 Å². The minimum atomic E-state index is -0.929. The first-order valence-corrected chi connectivity index (χ1v) is 7.31. The third kappa shape index (κ3) is 4.58. The molecule has 6 heteroatoms. The maximum absolute atomic E-state index is 12.1. The van der Waals surface area contributed by atoms with Crippen LogP contribution in [-0.2, 0) is 16.1 Å². The van der Waals surface area contributed by atoms with Crippen molar-refractivity contribution in [3.8, 4) is 0 Å². The fourth-order valence-corrected chi connectivity index (χ4v) is 2.03. The molecule has 6 nitrogen and oxygen atoms in total. The summed E-state index contributed by atoms with van der Waals surface area (Å²) in [4.78, 5) is 35.5. The molecule has 0 unspecified atom stereocenters. The topological polar surface area (TPSA) is 86.7 Å². The Morgan fingerprint density at radius 3 is 2.41 bits per heavy atom. The van der Waals surface area contributed by atoms with Gasteiger partial charge in [-0.1, -0.05) is 12.1 Å². The molecule has 1 aliphatic carbocycles. The minimum absolute atomic E-state index is 0.0759. The molecule has 2 amide bonds. The molecule has 118 valence electrons. The highest BCUT2D eigenvalue weighted by atomic mass is 16.4. The second-order valence-electron chi connectivity index (χ2n) is 5.56. The predicted molar refractivity (Wildman–Crippen MR) is 80.2 cm³/mol. The monoisotopic (exact) mass is 304 g/mol. The maximum Gasteiger partial charge on any atom is 0.305 e. The first-order valence-electron chi connectivity index (χ1n) is 7.31. The van der Waals surface area contributed by atoms with Crippen LogP contribution in [0.3, 0.4) is 0 Å². The third-order valence-electron chi connectivity index (χ3n) is 3.62. The molecule has 0 aromatic heterocycles. The second-order valence-corrected chi connectivity index (χ2v) is 5.56. The average molecular weight is 304 g/mol. The summed E-state index contributed by atoms with van der Waals surface area (Å²) in [6.07, 6.45) is 1.87. The standard InChI is InChI=1S/C16H20N2O4/c1-18(9-8-14(19)20)16(22)13-4-2-11(3-5-13)10-17-15(21)12-6-7-12/h2-5,12H,6-10H2,1H3,(H,17,21)(H,19,20). The molecule has 1 fully saturated rings. The van der Waals surface area contributed by atoms with Crippen molar-refractivity contribution in [3.05, 3.63) is 35.4 Å². The van der Waals surface area contributed by atoms with Crippen LogP contribution in [0, 0.1) is 5.92 Å². The lowest BCUT2D eigenvalue weighted by molar-refractivity contribution is -0.137. The molecule has 0 saturated heterocycles. The average Bonchev–Trinajstić information content (AvgIpc) is 3.34. The van der Waals surface area contributed by atoms with Crippen molar-refractivity contribution < 1.29 is 19.5 Å². The molecular weight excluding hydrogens is 284 g/mol. The number of hydrogen-bond donors (Lipinski definition) is 2. The summed E-state index contributed by atoms with van der Waals surface area (Å²) in [5.74, 6) is -0.867. The molecule has 0 spiro atoms. The third-order valence-corrected chi connectivity index (χ3v) is 3.62. The fourth-order valence-electron chi connectivity index (χ4n) is 2.03. The Morgan fingerprint density at radius 1 is 1.23 bits per heavy atom. The Labute approximate surface area is 129 Å². The molecule has 22 heavy (non-hydrogen) atoms. The van der Waals surface area contributed by atoms with Crippen LogP contribution in [0.1, 0.15) is 35.2 Å². The van der Waals surface area contributed by atoms with Gasteiger partial charge in [-0.25, -0.2) is 0 Å². The molecule has 1 saturated carbocycles. The van der Waals surface area contributed by atoms with E-state index in [-0.39, 0.29) is 30.7 Å². The van der Waals surface area contributed by atoms with Gasteiger partial charge in [-0.3, -0.25) is 14.4 Å². The highest BCUT2D eigenvalue weighted by Gasteiger charge is 2.29. The molecule has 2 N–H and O–H groups in total. The Morgan fingerprint density at radius 2 is 1.86 bits per heavy atom. The molecule has 2 rings (SSSR count). The summed E-state index contributed by atoms with van der Waals surface area (Å²) in [5, 5.41) is 11.5. The smallest absolute Gasteiger partial charge is 0.305 e. The van der Waals surface area contributed by atoms with E-state index in [0.717, 1.165) is 18.4 Å². The molecule has 0 atom stereocenters. The molecule has 0 heterocycles.